The van der Waals surface area contributed by atoms with Gasteiger partial charge in [-0.25, -0.2) is 5.48 Å². The van der Waals surface area contributed by atoms with E-state index in [1.54, 1.807) is 45.9 Å². The van der Waals surface area contributed by atoms with Crippen LogP contribution in [-0.4, -0.2) is 33.2 Å². The van der Waals surface area contributed by atoms with Crippen LogP contribution in [0.5, 0.6) is 0 Å². The Hall–Kier alpha value is -2.22. The topological polar surface area (TPSA) is 102 Å². The number of carbonyl (C=O) groups is 2. The molecule has 0 aliphatic carbocycles. The summed E-state index contributed by atoms with van der Waals surface area (Å²) in [6, 6.07) is 6.04. The SMILES string of the molecule is CC1(C)C=C(C(=O)Nc2ccc(C(=O)NO)cc2)C(C)(C)N1[O]. The van der Waals surface area contributed by atoms with Crippen LogP contribution in [0.25, 0.3) is 0 Å². The highest BCUT2D eigenvalue weighted by Gasteiger charge is 2.48. The molecule has 123 valence electrons. The van der Waals surface area contributed by atoms with Crippen LogP contribution in [0.1, 0.15) is 38.1 Å². The molecular weight excluding hydrogens is 298 g/mol. The summed E-state index contributed by atoms with van der Waals surface area (Å²) in [5, 5.41) is 24.5. The molecule has 1 aromatic rings. The molecule has 3 N–H and O–H groups in total. The lowest BCUT2D eigenvalue weighted by Gasteiger charge is -2.33. The molecule has 0 saturated carbocycles. The standard InChI is InChI=1S/C16H20N3O4/c1-15(2)9-12(16(3,4)19(15)23)14(21)17-11-7-5-10(6-8-11)13(20)18-22/h5-9,22H,1-4H3,(H,17,21)(H,18,20). The van der Waals surface area contributed by atoms with Gasteiger partial charge in [0.2, 0.25) is 0 Å². The maximum absolute atomic E-state index is 12.5. The van der Waals surface area contributed by atoms with Gasteiger partial charge in [0.25, 0.3) is 11.8 Å². The van der Waals surface area contributed by atoms with Gasteiger partial charge >= 0.3 is 0 Å². The van der Waals surface area contributed by atoms with Crippen LogP contribution in [-0.2, 0) is 10.0 Å². The van der Waals surface area contributed by atoms with Gasteiger partial charge in [0, 0.05) is 16.8 Å². The van der Waals surface area contributed by atoms with Gasteiger partial charge in [0.1, 0.15) is 0 Å². The molecule has 7 nitrogen and oxygen atoms in total. The van der Waals surface area contributed by atoms with Crippen molar-refractivity contribution in [1.29, 1.82) is 0 Å². The van der Waals surface area contributed by atoms with E-state index in [0.29, 0.717) is 11.3 Å². The molecule has 0 spiro atoms. The van der Waals surface area contributed by atoms with E-state index < -0.39 is 17.0 Å². The molecule has 0 aromatic heterocycles. The minimum Gasteiger partial charge on any atom is -0.322 e. The van der Waals surface area contributed by atoms with Crippen molar-refractivity contribution in [1.82, 2.24) is 10.5 Å². The molecule has 1 aliphatic heterocycles. The summed E-state index contributed by atoms with van der Waals surface area (Å²) in [4.78, 5) is 23.7. The summed E-state index contributed by atoms with van der Waals surface area (Å²) in [5.41, 5.74) is 1.01. The van der Waals surface area contributed by atoms with Gasteiger partial charge < -0.3 is 5.32 Å². The Labute approximate surface area is 134 Å². The van der Waals surface area contributed by atoms with Crippen molar-refractivity contribution in [2.24, 2.45) is 0 Å². The molecule has 0 atom stereocenters. The predicted octanol–water partition coefficient (Wildman–Crippen LogP) is 1.89. The van der Waals surface area contributed by atoms with Crippen molar-refractivity contribution in [3.63, 3.8) is 0 Å². The minimum atomic E-state index is -0.926. The smallest absolute Gasteiger partial charge is 0.274 e. The average molecular weight is 318 g/mol. The third-order valence-electron chi connectivity index (χ3n) is 3.94. The zero-order chi connectivity index (χ0) is 17.4. The molecule has 0 saturated heterocycles. The Kier molecular flexibility index (Phi) is 4.30. The van der Waals surface area contributed by atoms with E-state index in [0.717, 1.165) is 5.06 Å². The molecule has 2 rings (SSSR count). The highest BCUT2D eigenvalue weighted by atomic mass is 16.5. The minimum absolute atomic E-state index is 0.262. The monoisotopic (exact) mass is 318 g/mol. The second kappa shape index (κ2) is 5.77. The van der Waals surface area contributed by atoms with Gasteiger partial charge in [-0.2, -0.15) is 0 Å². The number of nitrogens with one attached hydrogen (secondary N) is 2. The van der Waals surface area contributed by atoms with Crippen molar-refractivity contribution in [3.05, 3.63) is 41.5 Å². The second-order valence-corrected chi connectivity index (χ2v) is 6.54. The number of rotatable bonds is 3. The Morgan fingerprint density at radius 3 is 2.04 bits per heavy atom. The van der Waals surface area contributed by atoms with Crippen molar-refractivity contribution in [2.45, 2.75) is 38.8 Å². The number of nitrogens with zero attached hydrogens (tertiary/aromatic N) is 1. The maximum Gasteiger partial charge on any atom is 0.274 e. The number of hydrogen-bond donors (Lipinski definition) is 3. The lowest BCUT2D eigenvalue weighted by atomic mass is 9.95. The number of carbonyl (C=O) groups excluding carboxylic acids is 2. The summed E-state index contributed by atoms with van der Waals surface area (Å²) in [6.07, 6.45) is 1.67. The average Bonchev–Trinajstić information content (AvgIpc) is 2.67. The fraction of sp³-hybridized carbons (Fsp3) is 0.375. The van der Waals surface area contributed by atoms with Gasteiger partial charge in [0.05, 0.1) is 11.1 Å². The van der Waals surface area contributed by atoms with Crippen molar-refractivity contribution in [3.8, 4) is 0 Å². The van der Waals surface area contributed by atoms with E-state index in [1.165, 1.54) is 17.6 Å². The lowest BCUT2D eigenvalue weighted by molar-refractivity contribution is -0.238. The fourth-order valence-electron chi connectivity index (χ4n) is 2.73. The number of hydroxylamine groups is 3. The number of benzene rings is 1. The first-order chi connectivity index (χ1) is 10.6. The molecular formula is C16H20N3O4. The predicted molar refractivity (Wildman–Crippen MR) is 83.1 cm³/mol. The third kappa shape index (κ3) is 3.12. The van der Waals surface area contributed by atoms with Crippen LogP contribution < -0.4 is 10.8 Å². The normalized spacial score (nSPS) is 19.1. The first-order valence-electron chi connectivity index (χ1n) is 7.16. The van der Waals surface area contributed by atoms with Crippen LogP contribution in [0.2, 0.25) is 0 Å². The summed E-state index contributed by atoms with van der Waals surface area (Å²) in [6.45, 7) is 6.92. The molecule has 0 bridgehead atoms. The Bertz CT molecular complexity index is 662. The van der Waals surface area contributed by atoms with Crippen molar-refractivity contribution in [2.75, 3.05) is 5.32 Å². The summed E-state index contributed by atoms with van der Waals surface area (Å²) < 4.78 is 0. The van der Waals surface area contributed by atoms with Gasteiger partial charge in [-0.05, 0) is 52.0 Å². The fourth-order valence-corrected chi connectivity index (χ4v) is 2.73. The maximum atomic E-state index is 12.5. The summed E-state index contributed by atoms with van der Waals surface area (Å²) in [5.74, 6) is -0.993. The first-order valence-corrected chi connectivity index (χ1v) is 7.16. The van der Waals surface area contributed by atoms with Crippen LogP contribution in [0.4, 0.5) is 5.69 Å². The van der Waals surface area contributed by atoms with Gasteiger partial charge in [-0.3, -0.25) is 14.8 Å². The lowest BCUT2D eigenvalue weighted by Crippen LogP contribution is -2.48. The Morgan fingerprint density at radius 1 is 1.04 bits per heavy atom. The van der Waals surface area contributed by atoms with Gasteiger partial charge in [-0.1, -0.05) is 6.08 Å². The van der Waals surface area contributed by atoms with Crippen LogP contribution in [0.15, 0.2) is 35.9 Å². The second-order valence-electron chi connectivity index (χ2n) is 6.54. The zero-order valence-corrected chi connectivity index (χ0v) is 13.5. The number of anilines is 1. The molecule has 1 aliphatic rings. The molecule has 23 heavy (non-hydrogen) atoms. The van der Waals surface area contributed by atoms with Crippen LogP contribution >= 0.6 is 0 Å². The molecule has 1 heterocycles. The van der Waals surface area contributed by atoms with E-state index in [1.807, 2.05) is 0 Å². The molecule has 1 radical (unpaired) electrons. The summed E-state index contributed by atoms with van der Waals surface area (Å²) >= 11 is 0. The zero-order valence-electron chi connectivity index (χ0n) is 13.5. The van der Waals surface area contributed by atoms with Crippen LogP contribution in [0, 0.1) is 0 Å². The molecule has 0 unspecified atom stereocenters. The highest BCUT2D eigenvalue weighted by Crippen LogP contribution is 2.39. The van der Waals surface area contributed by atoms with Crippen molar-refractivity contribution < 1.29 is 20.0 Å². The summed E-state index contributed by atoms with van der Waals surface area (Å²) in [7, 11) is 0. The van der Waals surface area contributed by atoms with Gasteiger partial charge in [-0.15, -0.1) is 10.3 Å². The number of amides is 2. The van der Waals surface area contributed by atoms with E-state index in [4.69, 9.17) is 5.21 Å². The van der Waals surface area contributed by atoms with E-state index >= 15 is 0 Å². The van der Waals surface area contributed by atoms with E-state index in [2.05, 4.69) is 5.32 Å². The Balaban J connectivity index is 2.18. The first kappa shape index (κ1) is 17.1. The largest absolute Gasteiger partial charge is 0.322 e. The molecule has 1 aromatic carbocycles. The van der Waals surface area contributed by atoms with Gasteiger partial charge in [0.15, 0.2) is 0 Å². The molecule has 2 amide bonds. The Morgan fingerprint density at radius 2 is 1.61 bits per heavy atom. The quantitative estimate of drug-likeness (QED) is 0.585. The third-order valence-corrected chi connectivity index (χ3v) is 3.94. The highest BCUT2D eigenvalue weighted by molar-refractivity contribution is 6.06. The molecule has 7 heteroatoms. The van der Waals surface area contributed by atoms with Crippen molar-refractivity contribution >= 4 is 17.5 Å². The number of hydrogen-bond acceptors (Lipinski definition) is 4. The molecule has 0 fully saturated rings. The van der Waals surface area contributed by atoms with Crippen LogP contribution in [0.3, 0.4) is 0 Å². The van der Waals surface area contributed by atoms with E-state index in [-0.39, 0.29) is 11.5 Å². The van der Waals surface area contributed by atoms with E-state index in [9.17, 15) is 14.8 Å².